The molecule has 2 heteroatoms. The van der Waals surface area contributed by atoms with E-state index in [2.05, 4.69) is 60.2 Å². The van der Waals surface area contributed by atoms with E-state index in [-0.39, 0.29) is 5.54 Å². The highest BCUT2D eigenvalue weighted by atomic mass is 15.1. The average Bonchev–Trinajstić information content (AvgIpc) is 2.86. The number of fused-ring (bicyclic) bond motifs is 3. The van der Waals surface area contributed by atoms with E-state index in [1.807, 2.05) is 0 Å². The van der Waals surface area contributed by atoms with E-state index in [0.717, 1.165) is 6.42 Å². The molecule has 0 amide bonds. The van der Waals surface area contributed by atoms with Crippen LogP contribution in [0.1, 0.15) is 32.3 Å². The molecule has 0 saturated heterocycles. The van der Waals surface area contributed by atoms with Gasteiger partial charge in [-0.1, -0.05) is 13.8 Å². The quantitative estimate of drug-likeness (QED) is 0.761. The van der Waals surface area contributed by atoms with Crippen LogP contribution in [0.15, 0.2) is 36.8 Å². The number of rotatable bonds is 2. The summed E-state index contributed by atoms with van der Waals surface area (Å²) in [4.78, 5) is 3.25. The predicted octanol–water partition coefficient (Wildman–Crippen LogP) is 3.04. The van der Waals surface area contributed by atoms with Crippen LogP contribution in [-0.4, -0.2) is 4.98 Å². The molecule has 17 heavy (non-hydrogen) atoms. The maximum atomic E-state index is 3.25. The molecule has 1 aliphatic rings. The molecule has 2 nitrogen and oxygen atoms in total. The zero-order chi connectivity index (χ0) is 11.9. The Morgan fingerprint density at radius 3 is 2.82 bits per heavy atom. The van der Waals surface area contributed by atoms with Crippen molar-refractivity contribution in [3.63, 3.8) is 0 Å². The van der Waals surface area contributed by atoms with Crippen molar-refractivity contribution in [2.75, 3.05) is 0 Å². The van der Waals surface area contributed by atoms with Crippen molar-refractivity contribution in [3.8, 4) is 11.3 Å². The molecular formula is C15H19N2+. The number of hydrogen-bond acceptors (Lipinski definition) is 0. The van der Waals surface area contributed by atoms with Crippen molar-refractivity contribution in [1.29, 1.82) is 0 Å². The summed E-state index contributed by atoms with van der Waals surface area (Å²) in [6, 6.07) is 6.50. The smallest absolute Gasteiger partial charge is 0.214 e. The lowest BCUT2D eigenvalue weighted by Gasteiger charge is -2.31. The standard InChI is InChI=1S/C15H18N2/c1-3-15(4-2)9-12-10-16-11-13(12)14-7-5-6-8-17(14)15/h5-8,10-11H,3-4,9H2,1-2H3/p+1. The van der Waals surface area contributed by atoms with Crippen LogP contribution in [0.3, 0.4) is 0 Å². The zero-order valence-electron chi connectivity index (χ0n) is 10.5. The summed E-state index contributed by atoms with van der Waals surface area (Å²) < 4.78 is 2.48. The van der Waals surface area contributed by atoms with Gasteiger partial charge < -0.3 is 4.98 Å². The van der Waals surface area contributed by atoms with Crippen LogP contribution in [0.2, 0.25) is 0 Å². The summed E-state index contributed by atoms with van der Waals surface area (Å²) in [5.41, 5.74) is 4.42. The highest BCUT2D eigenvalue weighted by Gasteiger charge is 2.43. The molecule has 0 unspecified atom stereocenters. The first-order valence-corrected chi connectivity index (χ1v) is 6.48. The molecule has 2 aromatic rings. The first-order valence-electron chi connectivity index (χ1n) is 6.48. The van der Waals surface area contributed by atoms with Gasteiger partial charge in [0.05, 0.1) is 5.56 Å². The fourth-order valence-corrected chi connectivity index (χ4v) is 3.14. The van der Waals surface area contributed by atoms with E-state index < -0.39 is 0 Å². The minimum atomic E-state index is 0.256. The third-order valence-corrected chi connectivity index (χ3v) is 4.31. The Bertz CT molecular complexity index is 535. The number of nitrogens with zero attached hydrogens (tertiary/aromatic N) is 1. The molecule has 0 saturated carbocycles. The minimum Gasteiger partial charge on any atom is -0.367 e. The number of H-pyrrole nitrogens is 1. The second kappa shape index (κ2) is 3.73. The van der Waals surface area contributed by atoms with Crippen molar-refractivity contribution in [2.24, 2.45) is 0 Å². The summed E-state index contributed by atoms with van der Waals surface area (Å²) in [5, 5.41) is 0. The lowest BCUT2D eigenvalue weighted by Crippen LogP contribution is -2.59. The van der Waals surface area contributed by atoms with Crippen LogP contribution in [-0.2, 0) is 12.0 Å². The number of pyridine rings is 1. The molecule has 3 heterocycles. The Hall–Kier alpha value is -1.57. The average molecular weight is 227 g/mol. The van der Waals surface area contributed by atoms with E-state index >= 15 is 0 Å². The fourth-order valence-electron chi connectivity index (χ4n) is 3.14. The van der Waals surface area contributed by atoms with Gasteiger partial charge in [0.25, 0.3) is 0 Å². The largest absolute Gasteiger partial charge is 0.367 e. The van der Waals surface area contributed by atoms with Crippen LogP contribution < -0.4 is 4.57 Å². The molecule has 3 rings (SSSR count). The summed E-state index contributed by atoms with van der Waals surface area (Å²) in [6.07, 6.45) is 10.0. The van der Waals surface area contributed by atoms with Gasteiger partial charge in [0, 0.05) is 43.8 Å². The zero-order valence-corrected chi connectivity index (χ0v) is 10.5. The van der Waals surface area contributed by atoms with Gasteiger partial charge in [0.1, 0.15) is 0 Å². The van der Waals surface area contributed by atoms with Crippen LogP contribution in [0.25, 0.3) is 11.3 Å². The summed E-state index contributed by atoms with van der Waals surface area (Å²) in [5.74, 6) is 0. The summed E-state index contributed by atoms with van der Waals surface area (Å²) >= 11 is 0. The van der Waals surface area contributed by atoms with Gasteiger partial charge in [0.2, 0.25) is 5.69 Å². The number of nitrogens with one attached hydrogen (secondary N) is 1. The van der Waals surface area contributed by atoms with Crippen molar-refractivity contribution in [2.45, 2.75) is 38.6 Å². The van der Waals surface area contributed by atoms with E-state index in [0.29, 0.717) is 0 Å². The topological polar surface area (TPSA) is 19.7 Å². The molecule has 0 bridgehead atoms. The summed E-state index contributed by atoms with van der Waals surface area (Å²) in [6.45, 7) is 4.59. The fraction of sp³-hybridized carbons (Fsp3) is 0.400. The Morgan fingerprint density at radius 2 is 2.06 bits per heavy atom. The first kappa shape index (κ1) is 10.6. The van der Waals surface area contributed by atoms with E-state index in [1.165, 1.54) is 29.7 Å². The number of hydrogen-bond donors (Lipinski definition) is 1. The van der Waals surface area contributed by atoms with Gasteiger partial charge in [-0.3, -0.25) is 0 Å². The molecular weight excluding hydrogens is 208 g/mol. The van der Waals surface area contributed by atoms with Gasteiger partial charge in [-0.2, -0.15) is 4.57 Å². The van der Waals surface area contributed by atoms with E-state index in [9.17, 15) is 0 Å². The predicted molar refractivity (Wildman–Crippen MR) is 68.7 cm³/mol. The monoisotopic (exact) mass is 227 g/mol. The van der Waals surface area contributed by atoms with Crippen molar-refractivity contribution in [3.05, 3.63) is 42.4 Å². The number of aromatic nitrogens is 2. The SMILES string of the molecule is CCC1(CC)Cc2c[nH]cc2-c2cccc[n+]21. The van der Waals surface area contributed by atoms with Gasteiger partial charge in [-0.05, 0) is 11.6 Å². The first-order chi connectivity index (χ1) is 8.30. The molecule has 0 aromatic carbocycles. The molecule has 2 aromatic heterocycles. The molecule has 0 fully saturated rings. The van der Waals surface area contributed by atoms with Gasteiger partial charge in [-0.25, -0.2) is 0 Å². The van der Waals surface area contributed by atoms with Crippen LogP contribution in [0.4, 0.5) is 0 Å². The lowest BCUT2D eigenvalue weighted by atomic mass is 9.81. The Labute approximate surface area is 102 Å². The van der Waals surface area contributed by atoms with Crippen molar-refractivity contribution in [1.82, 2.24) is 4.98 Å². The highest BCUT2D eigenvalue weighted by molar-refractivity contribution is 5.61. The van der Waals surface area contributed by atoms with Gasteiger partial charge >= 0.3 is 0 Å². The third-order valence-electron chi connectivity index (χ3n) is 4.31. The Morgan fingerprint density at radius 1 is 1.24 bits per heavy atom. The van der Waals surface area contributed by atoms with Crippen molar-refractivity contribution < 1.29 is 4.57 Å². The Balaban J connectivity index is 2.28. The molecule has 0 radical (unpaired) electrons. The highest BCUT2D eigenvalue weighted by Crippen LogP contribution is 2.35. The lowest BCUT2D eigenvalue weighted by molar-refractivity contribution is -0.758. The second-order valence-electron chi connectivity index (χ2n) is 4.96. The second-order valence-corrected chi connectivity index (χ2v) is 4.96. The molecule has 1 aliphatic heterocycles. The van der Waals surface area contributed by atoms with E-state index in [1.54, 1.807) is 0 Å². The molecule has 0 aliphatic carbocycles. The van der Waals surface area contributed by atoms with Crippen LogP contribution in [0, 0.1) is 0 Å². The maximum Gasteiger partial charge on any atom is 0.214 e. The maximum absolute atomic E-state index is 3.25. The molecule has 88 valence electrons. The summed E-state index contributed by atoms with van der Waals surface area (Å²) in [7, 11) is 0. The normalized spacial score (nSPS) is 16.4. The van der Waals surface area contributed by atoms with Gasteiger partial charge in [0.15, 0.2) is 11.7 Å². The van der Waals surface area contributed by atoms with Gasteiger partial charge in [-0.15, -0.1) is 0 Å². The van der Waals surface area contributed by atoms with E-state index in [4.69, 9.17) is 0 Å². The third kappa shape index (κ3) is 1.36. The number of aromatic amines is 1. The molecule has 1 N–H and O–H groups in total. The minimum absolute atomic E-state index is 0.256. The molecule has 0 atom stereocenters. The van der Waals surface area contributed by atoms with Crippen LogP contribution in [0.5, 0.6) is 0 Å². The van der Waals surface area contributed by atoms with Crippen LogP contribution >= 0.6 is 0 Å². The molecule has 0 spiro atoms. The van der Waals surface area contributed by atoms with Crippen molar-refractivity contribution >= 4 is 0 Å². The Kier molecular flexibility index (Phi) is 2.32.